The van der Waals surface area contributed by atoms with Crippen molar-refractivity contribution in [2.24, 2.45) is 5.73 Å². The molecule has 5 nitrogen and oxygen atoms in total. The largest absolute Gasteiger partial charge is 0.573 e. The van der Waals surface area contributed by atoms with Gasteiger partial charge in [0.2, 0.25) is 10.0 Å². The van der Waals surface area contributed by atoms with Crippen LogP contribution in [-0.4, -0.2) is 38.2 Å². The summed E-state index contributed by atoms with van der Waals surface area (Å²) in [5.74, 6) is -0.729. The third-order valence-corrected chi connectivity index (χ3v) is 5.25. The molecule has 1 aliphatic heterocycles. The number of halogens is 3. The minimum absolute atomic E-state index is 0.127. The summed E-state index contributed by atoms with van der Waals surface area (Å²) in [6.07, 6.45) is -3.73. The van der Waals surface area contributed by atoms with Gasteiger partial charge in [0, 0.05) is 19.1 Å². The highest BCUT2D eigenvalue weighted by molar-refractivity contribution is 7.89. The van der Waals surface area contributed by atoms with Crippen LogP contribution in [0.25, 0.3) is 0 Å². The van der Waals surface area contributed by atoms with Crippen molar-refractivity contribution in [3.63, 3.8) is 0 Å². The second-order valence-electron chi connectivity index (χ2n) is 4.64. The molecule has 1 aromatic rings. The van der Waals surface area contributed by atoms with Crippen LogP contribution in [0.2, 0.25) is 0 Å². The Bertz CT molecular complexity index is 604. The molecule has 1 fully saturated rings. The van der Waals surface area contributed by atoms with Gasteiger partial charge in [-0.3, -0.25) is 0 Å². The summed E-state index contributed by atoms with van der Waals surface area (Å²) >= 11 is 0. The summed E-state index contributed by atoms with van der Waals surface area (Å²) in [6, 6.07) is 4.32. The van der Waals surface area contributed by atoms with Crippen molar-refractivity contribution >= 4 is 10.0 Å². The van der Waals surface area contributed by atoms with E-state index in [-0.39, 0.29) is 13.1 Å². The Labute approximate surface area is 120 Å². The quantitative estimate of drug-likeness (QED) is 0.915. The van der Waals surface area contributed by atoms with Crippen molar-refractivity contribution < 1.29 is 26.3 Å². The molecule has 0 saturated carbocycles. The highest BCUT2D eigenvalue weighted by atomic mass is 32.2. The van der Waals surface area contributed by atoms with Crippen LogP contribution in [0.15, 0.2) is 29.2 Å². The number of hydrogen-bond donors (Lipinski definition) is 1. The van der Waals surface area contributed by atoms with E-state index in [1.54, 1.807) is 0 Å². The number of rotatable bonds is 4. The number of benzene rings is 1. The summed E-state index contributed by atoms with van der Waals surface area (Å²) in [6.45, 7) is 0.367. The summed E-state index contributed by atoms with van der Waals surface area (Å²) < 4.78 is 67.2. The van der Waals surface area contributed by atoms with Crippen molar-refractivity contribution in [1.82, 2.24) is 4.31 Å². The molecule has 0 bridgehead atoms. The molecule has 0 spiro atoms. The van der Waals surface area contributed by atoms with Crippen LogP contribution in [0.5, 0.6) is 5.75 Å². The molecule has 0 amide bonds. The van der Waals surface area contributed by atoms with Gasteiger partial charge in [-0.25, -0.2) is 8.42 Å². The molecule has 21 heavy (non-hydrogen) atoms. The first-order valence-corrected chi connectivity index (χ1v) is 7.76. The van der Waals surface area contributed by atoms with Gasteiger partial charge in [0.25, 0.3) is 0 Å². The van der Waals surface area contributed by atoms with Crippen LogP contribution in [0.4, 0.5) is 13.2 Å². The lowest BCUT2D eigenvalue weighted by molar-refractivity contribution is -0.275. The van der Waals surface area contributed by atoms with Crippen molar-refractivity contribution in [3.05, 3.63) is 24.3 Å². The molecular formula is C12H15F3N2O3S. The van der Waals surface area contributed by atoms with Gasteiger partial charge < -0.3 is 10.5 Å². The molecule has 1 unspecified atom stereocenters. The summed E-state index contributed by atoms with van der Waals surface area (Å²) in [5, 5.41) is 0. The summed E-state index contributed by atoms with van der Waals surface area (Å²) in [4.78, 5) is -0.498. The highest BCUT2D eigenvalue weighted by Gasteiger charge is 2.38. The fraction of sp³-hybridized carbons (Fsp3) is 0.500. The smallest absolute Gasteiger partial charge is 0.404 e. The monoisotopic (exact) mass is 324 g/mol. The van der Waals surface area contributed by atoms with Crippen LogP contribution in [0.1, 0.15) is 12.8 Å². The van der Waals surface area contributed by atoms with Gasteiger partial charge in [0.05, 0.1) is 0 Å². The Hall–Kier alpha value is -1.32. The van der Waals surface area contributed by atoms with E-state index in [2.05, 4.69) is 4.74 Å². The summed E-state index contributed by atoms with van der Waals surface area (Å²) in [5.41, 5.74) is 5.52. The SMILES string of the molecule is NCC1CCCN1S(=O)(=O)c1ccccc1OC(F)(F)F. The molecule has 1 heterocycles. The van der Waals surface area contributed by atoms with Gasteiger partial charge in [-0.1, -0.05) is 12.1 Å². The minimum Gasteiger partial charge on any atom is -0.404 e. The molecule has 1 aromatic carbocycles. The minimum atomic E-state index is -4.95. The predicted octanol–water partition coefficient (Wildman–Crippen LogP) is 1.70. The molecule has 118 valence electrons. The van der Waals surface area contributed by atoms with E-state index in [1.807, 2.05) is 0 Å². The average molecular weight is 324 g/mol. The molecule has 1 aliphatic rings. The zero-order valence-corrected chi connectivity index (χ0v) is 11.8. The Balaban J connectivity index is 2.41. The normalized spacial score (nSPS) is 20.7. The van der Waals surface area contributed by atoms with Crippen LogP contribution < -0.4 is 10.5 Å². The van der Waals surface area contributed by atoms with Crippen LogP contribution in [0.3, 0.4) is 0 Å². The molecule has 9 heteroatoms. The van der Waals surface area contributed by atoms with Gasteiger partial charge in [0.15, 0.2) is 0 Å². The maximum atomic E-state index is 12.5. The maximum absolute atomic E-state index is 12.5. The Morgan fingerprint density at radius 1 is 1.33 bits per heavy atom. The molecule has 0 aliphatic carbocycles. The zero-order chi connectivity index (χ0) is 15.7. The standard InChI is InChI=1S/C12H15F3N2O3S/c13-12(14,15)20-10-5-1-2-6-11(10)21(18,19)17-7-3-4-9(17)8-16/h1-2,5-6,9H,3-4,7-8,16H2. The first-order chi connectivity index (χ1) is 9.75. The first kappa shape index (κ1) is 16.1. The molecule has 1 atom stereocenters. The van der Waals surface area contributed by atoms with E-state index in [0.717, 1.165) is 16.4 Å². The van der Waals surface area contributed by atoms with Gasteiger partial charge in [-0.15, -0.1) is 13.2 Å². The van der Waals surface area contributed by atoms with Gasteiger partial charge in [0.1, 0.15) is 10.6 Å². The van der Waals surface area contributed by atoms with Crippen molar-refractivity contribution in [2.75, 3.05) is 13.1 Å². The third-order valence-electron chi connectivity index (χ3n) is 3.26. The number of nitrogens with zero attached hydrogens (tertiary/aromatic N) is 1. The molecule has 2 N–H and O–H groups in total. The van der Waals surface area contributed by atoms with Gasteiger partial charge >= 0.3 is 6.36 Å². The summed E-state index contributed by atoms with van der Waals surface area (Å²) in [7, 11) is -4.07. The van der Waals surface area contributed by atoms with Gasteiger partial charge in [-0.2, -0.15) is 4.31 Å². The van der Waals surface area contributed by atoms with E-state index >= 15 is 0 Å². The van der Waals surface area contributed by atoms with E-state index in [0.29, 0.717) is 12.8 Å². The number of ether oxygens (including phenoxy) is 1. The van der Waals surface area contributed by atoms with E-state index in [4.69, 9.17) is 5.73 Å². The van der Waals surface area contributed by atoms with Crippen LogP contribution in [-0.2, 0) is 10.0 Å². The lowest BCUT2D eigenvalue weighted by atomic mass is 10.2. The Morgan fingerprint density at radius 3 is 2.62 bits per heavy atom. The predicted molar refractivity (Wildman–Crippen MR) is 69.1 cm³/mol. The van der Waals surface area contributed by atoms with E-state index in [9.17, 15) is 21.6 Å². The zero-order valence-electron chi connectivity index (χ0n) is 11.0. The second kappa shape index (κ2) is 5.82. The molecule has 0 aromatic heterocycles. The average Bonchev–Trinajstić information content (AvgIpc) is 2.86. The van der Waals surface area contributed by atoms with E-state index in [1.165, 1.54) is 12.1 Å². The fourth-order valence-electron chi connectivity index (χ4n) is 2.36. The number of hydrogen-bond acceptors (Lipinski definition) is 4. The maximum Gasteiger partial charge on any atom is 0.573 e. The van der Waals surface area contributed by atoms with Crippen molar-refractivity contribution in [1.29, 1.82) is 0 Å². The fourth-order valence-corrected chi connectivity index (χ4v) is 4.18. The lowest BCUT2D eigenvalue weighted by Crippen LogP contribution is -2.40. The Morgan fingerprint density at radius 2 is 2.00 bits per heavy atom. The van der Waals surface area contributed by atoms with Gasteiger partial charge in [-0.05, 0) is 25.0 Å². The van der Waals surface area contributed by atoms with Crippen molar-refractivity contribution in [3.8, 4) is 5.75 Å². The number of nitrogens with two attached hydrogens (primary N) is 1. The van der Waals surface area contributed by atoms with Crippen LogP contribution in [0, 0.1) is 0 Å². The highest BCUT2D eigenvalue weighted by Crippen LogP contribution is 2.33. The van der Waals surface area contributed by atoms with Crippen LogP contribution >= 0.6 is 0 Å². The third kappa shape index (κ3) is 3.47. The lowest BCUT2D eigenvalue weighted by Gasteiger charge is -2.24. The second-order valence-corrected chi connectivity index (χ2v) is 6.50. The van der Waals surface area contributed by atoms with E-state index < -0.39 is 33.1 Å². The molecular weight excluding hydrogens is 309 g/mol. The number of para-hydroxylation sites is 1. The molecule has 1 saturated heterocycles. The molecule has 2 rings (SSSR count). The molecule has 0 radical (unpaired) electrons. The number of alkyl halides is 3. The topological polar surface area (TPSA) is 72.6 Å². The number of sulfonamides is 1. The Kier molecular flexibility index (Phi) is 4.45. The first-order valence-electron chi connectivity index (χ1n) is 6.32. The van der Waals surface area contributed by atoms with Crippen molar-refractivity contribution in [2.45, 2.75) is 30.1 Å².